The van der Waals surface area contributed by atoms with Crippen molar-refractivity contribution >= 4 is 0 Å². The summed E-state index contributed by atoms with van der Waals surface area (Å²) in [5.74, 6) is -0.645. The maximum Gasteiger partial charge on any atom is 0.171 e. The second kappa shape index (κ2) is 6.67. The van der Waals surface area contributed by atoms with Crippen LogP contribution >= 0.6 is 0 Å². The van der Waals surface area contributed by atoms with E-state index in [-0.39, 0.29) is 5.75 Å². The first-order valence-electron chi connectivity index (χ1n) is 7.01. The van der Waals surface area contributed by atoms with Gasteiger partial charge in [-0.1, -0.05) is 13.8 Å². The van der Waals surface area contributed by atoms with Gasteiger partial charge in [0.1, 0.15) is 23.1 Å². The Morgan fingerprint density at radius 1 is 1.14 bits per heavy atom. The number of ether oxygens (including phenoxy) is 1. The topological polar surface area (TPSA) is 53.1 Å². The predicted octanol–water partition coefficient (Wildman–Crippen LogP) is 3.04. The van der Waals surface area contributed by atoms with Gasteiger partial charge in [0.2, 0.25) is 0 Å². The molecule has 0 aliphatic rings. The van der Waals surface area contributed by atoms with Crippen molar-refractivity contribution in [3.05, 3.63) is 41.2 Å². The van der Waals surface area contributed by atoms with E-state index >= 15 is 0 Å². The number of rotatable bonds is 6. The third-order valence-corrected chi connectivity index (χ3v) is 3.14. The van der Waals surface area contributed by atoms with E-state index in [2.05, 4.69) is 5.10 Å². The Morgan fingerprint density at radius 2 is 1.81 bits per heavy atom. The highest BCUT2D eigenvalue weighted by molar-refractivity contribution is 5.39. The molecule has 1 aromatic heterocycles. The second-order valence-electron chi connectivity index (χ2n) is 4.65. The van der Waals surface area contributed by atoms with Crippen LogP contribution in [0.3, 0.4) is 0 Å². The van der Waals surface area contributed by atoms with Gasteiger partial charge in [-0.2, -0.15) is 5.10 Å². The summed E-state index contributed by atoms with van der Waals surface area (Å²) in [6, 6.07) is 3.12. The molecule has 1 heterocycles. The lowest BCUT2D eigenvalue weighted by atomic mass is 10.2. The monoisotopic (exact) mass is 295 g/mol. The Kier molecular flexibility index (Phi) is 4.90. The van der Waals surface area contributed by atoms with Crippen molar-refractivity contribution in [1.29, 1.82) is 0 Å². The molecule has 1 aromatic carbocycles. The number of hydrogen-bond acceptors (Lipinski definition) is 3. The van der Waals surface area contributed by atoms with Gasteiger partial charge in [-0.25, -0.2) is 8.78 Å². The van der Waals surface area contributed by atoms with Crippen LogP contribution in [0.1, 0.15) is 25.2 Å². The van der Waals surface area contributed by atoms with Gasteiger partial charge in [0.15, 0.2) is 5.75 Å². The van der Waals surface area contributed by atoms with E-state index in [0.717, 1.165) is 29.6 Å². The normalized spacial score (nSPS) is 10.9. The van der Waals surface area contributed by atoms with Gasteiger partial charge < -0.3 is 10.5 Å². The molecule has 0 bridgehead atoms. The fraction of sp³-hybridized carbons (Fsp3) is 0.400. The van der Waals surface area contributed by atoms with Crippen LogP contribution in [0.5, 0.6) is 11.5 Å². The van der Waals surface area contributed by atoms with Gasteiger partial charge in [-0.15, -0.1) is 0 Å². The summed E-state index contributed by atoms with van der Waals surface area (Å²) in [6.07, 6.45) is 1.36. The van der Waals surface area contributed by atoms with Crippen molar-refractivity contribution in [1.82, 2.24) is 9.78 Å². The summed E-state index contributed by atoms with van der Waals surface area (Å²) in [5.41, 5.74) is 7.21. The van der Waals surface area contributed by atoms with Crippen LogP contribution in [0.2, 0.25) is 0 Å². The van der Waals surface area contributed by atoms with Gasteiger partial charge in [-0.3, -0.25) is 4.68 Å². The molecule has 0 aliphatic heterocycles. The molecular weight excluding hydrogens is 276 g/mol. The lowest BCUT2D eigenvalue weighted by Gasteiger charge is -2.09. The van der Waals surface area contributed by atoms with E-state index in [1.165, 1.54) is 0 Å². The van der Waals surface area contributed by atoms with E-state index in [9.17, 15) is 8.78 Å². The molecule has 0 fully saturated rings. The minimum Gasteiger partial charge on any atom is -0.453 e. The zero-order valence-electron chi connectivity index (χ0n) is 12.2. The summed E-state index contributed by atoms with van der Waals surface area (Å²) >= 11 is 0. The molecule has 6 heteroatoms. The molecule has 0 saturated carbocycles. The van der Waals surface area contributed by atoms with Crippen molar-refractivity contribution in [2.24, 2.45) is 5.73 Å². The largest absolute Gasteiger partial charge is 0.453 e. The van der Waals surface area contributed by atoms with Gasteiger partial charge in [0.05, 0.1) is 12.2 Å². The maximum absolute atomic E-state index is 13.3. The quantitative estimate of drug-likeness (QED) is 0.891. The fourth-order valence-corrected chi connectivity index (χ4v) is 2.24. The first-order chi connectivity index (χ1) is 10.1. The number of aryl methyl sites for hydroxylation is 1. The molecule has 4 nitrogen and oxygen atoms in total. The Hall–Kier alpha value is -1.95. The van der Waals surface area contributed by atoms with E-state index in [1.54, 1.807) is 4.68 Å². The second-order valence-corrected chi connectivity index (χ2v) is 4.65. The minimum atomic E-state index is -0.671. The number of aromatic nitrogens is 2. The molecule has 0 radical (unpaired) electrons. The van der Waals surface area contributed by atoms with Crippen LogP contribution in [-0.2, 0) is 19.4 Å². The van der Waals surface area contributed by atoms with Crippen molar-refractivity contribution in [2.45, 2.75) is 33.2 Å². The molecule has 0 amide bonds. The van der Waals surface area contributed by atoms with E-state index in [4.69, 9.17) is 10.5 Å². The zero-order valence-corrected chi connectivity index (χ0v) is 12.2. The molecule has 114 valence electrons. The third-order valence-electron chi connectivity index (χ3n) is 3.14. The number of nitrogens with two attached hydrogens (primary N) is 1. The van der Waals surface area contributed by atoms with E-state index in [0.29, 0.717) is 31.7 Å². The summed E-state index contributed by atoms with van der Waals surface area (Å²) in [7, 11) is 0. The number of nitrogens with zero attached hydrogens (tertiary/aromatic N) is 2. The lowest BCUT2D eigenvalue weighted by Crippen LogP contribution is -2.13. The molecular formula is C15H19F2N3O. The molecule has 2 N–H and O–H groups in total. The van der Waals surface area contributed by atoms with Gasteiger partial charge >= 0.3 is 0 Å². The zero-order chi connectivity index (χ0) is 15.4. The third kappa shape index (κ3) is 3.39. The highest BCUT2D eigenvalue weighted by Crippen LogP contribution is 2.31. The summed E-state index contributed by atoms with van der Waals surface area (Å²) in [6.45, 7) is 4.97. The van der Waals surface area contributed by atoms with Crippen LogP contribution in [0.25, 0.3) is 0 Å². The Morgan fingerprint density at radius 3 is 2.33 bits per heavy atom. The maximum atomic E-state index is 13.3. The van der Waals surface area contributed by atoms with Gasteiger partial charge in [0, 0.05) is 24.7 Å². The van der Waals surface area contributed by atoms with Gasteiger partial charge in [-0.05, 0) is 12.8 Å². The molecule has 0 spiro atoms. The van der Waals surface area contributed by atoms with Crippen molar-refractivity contribution in [3.63, 3.8) is 0 Å². The van der Waals surface area contributed by atoms with Crippen LogP contribution < -0.4 is 10.5 Å². The summed E-state index contributed by atoms with van der Waals surface area (Å²) in [5, 5.41) is 4.45. The van der Waals surface area contributed by atoms with Crippen LogP contribution in [0.4, 0.5) is 8.78 Å². The molecule has 2 aromatic rings. The Labute approximate surface area is 122 Å². The van der Waals surface area contributed by atoms with Crippen molar-refractivity contribution in [3.8, 4) is 11.5 Å². The van der Waals surface area contributed by atoms with Gasteiger partial charge in [0.25, 0.3) is 0 Å². The predicted molar refractivity (Wildman–Crippen MR) is 76.5 cm³/mol. The minimum absolute atomic E-state index is 0.129. The number of hydrogen-bond donors (Lipinski definition) is 1. The first-order valence-corrected chi connectivity index (χ1v) is 7.01. The average molecular weight is 295 g/mol. The molecule has 2 rings (SSSR count). The smallest absolute Gasteiger partial charge is 0.171 e. The molecule has 0 unspecified atom stereocenters. The molecule has 21 heavy (non-hydrogen) atoms. The van der Waals surface area contributed by atoms with E-state index in [1.807, 2.05) is 13.8 Å². The van der Waals surface area contributed by atoms with Crippen LogP contribution in [0.15, 0.2) is 18.2 Å². The van der Waals surface area contributed by atoms with Crippen molar-refractivity contribution < 1.29 is 13.5 Å². The lowest BCUT2D eigenvalue weighted by molar-refractivity contribution is 0.456. The Bertz CT molecular complexity index is 605. The van der Waals surface area contributed by atoms with Crippen molar-refractivity contribution in [2.75, 3.05) is 6.54 Å². The number of benzene rings is 1. The highest BCUT2D eigenvalue weighted by Gasteiger charge is 2.18. The first kappa shape index (κ1) is 15.4. The fourth-order valence-electron chi connectivity index (χ4n) is 2.24. The summed E-state index contributed by atoms with van der Waals surface area (Å²) in [4.78, 5) is 0. The summed E-state index contributed by atoms with van der Waals surface area (Å²) < 4.78 is 34.0. The standard InChI is InChI=1S/C15H19F2N3O/c1-3-13-15(14(4-2)20(19-13)6-5-18)21-12-8-10(16)7-11(17)9-12/h7-9H,3-6,18H2,1-2H3. The Balaban J connectivity index is 2.41. The average Bonchev–Trinajstić information content (AvgIpc) is 2.75. The van der Waals surface area contributed by atoms with E-state index < -0.39 is 11.6 Å². The molecule has 0 atom stereocenters. The van der Waals surface area contributed by atoms with Crippen LogP contribution in [-0.4, -0.2) is 16.3 Å². The molecule has 0 aliphatic carbocycles. The highest BCUT2D eigenvalue weighted by atomic mass is 19.1. The van der Waals surface area contributed by atoms with Crippen LogP contribution in [0, 0.1) is 11.6 Å². The SMILES string of the molecule is CCc1nn(CCN)c(CC)c1Oc1cc(F)cc(F)c1. The molecule has 0 saturated heterocycles. The number of halogens is 2.